The van der Waals surface area contributed by atoms with Gasteiger partial charge in [-0.05, 0) is 36.6 Å². The zero-order chi connectivity index (χ0) is 15.1. The van der Waals surface area contributed by atoms with Crippen LogP contribution in [0.1, 0.15) is 22.3 Å². The van der Waals surface area contributed by atoms with Gasteiger partial charge in [0, 0.05) is 6.54 Å². The highest BCUT2D eigenvalue weighted by molar-refractivity contribution is 5.91. The Morgan fingerprint density at radius 2 is 1.95 bits per heavy atom. The van der Waals surface area contributed by atoms with Crippen LogP contribution in [0.3, 0.4) is 0 Å². The lowest BCUT2D eigenvalue weighted by Crippen LogP contribution is -2.07. The molecule has 0 heterocycles. The summed E-state index contributed by atoms with van der Waals surface area (Å²) in [5.41, 5.74) is 9.12. The molecule has 0 spiro atoms. The number of ether oxygens (including phenoxy) is 1. The molecule has 0 saturated heterocycles. The monoisotopic (exact) mass is 284 g/mol. The number of hydrogen-bond donors (Lipinski definition) is 2. The molecule has 0 aliphatic heterocycles. The predicted octanol–water partition coefficient (Wildman–Crippen LogP) is 3.10. The van der Waals surface area contributed by atoms with Gasteiger partial charge < -0.3 is 15.8 Å². The number of nitrogens with one attached hydrogen (secondary N) is 1. The molecule has 0 aliphatic rings. The molecule has 0 aliphatic carbocycles. The zero-order valence-electron chi connectivity index (χ0n) is 12.1. The number of carbonyl (C=O) groups is 1. The number of anilines is 2. The Hall–Kier alpha value is -2.49. The number of carbonyl (C=O) groups excluding carboxylic acids is 1. The van der Waals surface area contributed by atoms with Gasteiger partial charge >= 0.3 is 5.97 Å². The van der Waals surface area contributed by atoms with Crippen molar-refractivity contribution in [2.24, 2.45) is 0 Å². The summed E-state index contributed by atoms with van der Waals surface area (Å²) < 4.78 is 4.66. The maximum Gasteiger partial charge on any atom is 0.337 e. The van der Waals surface area contributed by atoms with Crippen LogP contribution >= 0.6 is 0 Å². The van der Waals surface area contributed by atoms with Crippen LogP contribution in [0.25, 0.3) is 0 Å². The van der Waals surface area contributed by atoms with E-state index in [0.717, 1.165) is 25.1 Å². The van der Waals surface area contributed by atoms with Gasteiger partial charge in [0.05, 0.1) is 24.0 Å². The Balaban J connectivity index is 1.85. The molecular weight excluding hydrogens is 264 g/mol. The van der Waals surface area contributed by atoms with E-state index < -0.39 is 0 Å². The van der Waals surface area contributed by atoms with E-state index in [2.05, 4.69) is 22.2 Å². The summed E-state index contributed by atoms with van der Waals surface area (Å²) in [6, 6.07) is 15.5. The molecule has 2 aromatic rings. The van der Waals surface area contributed by atoms with Crippen LogP contribution < -0.4 is 11.1 Å². The van der Waals surface area contributed by atoms with E-state index >= 15 is 0 Å². The summed E-state index contributed by atoms with van der Waals surface area (Å²) >= 11 is 0. The molecule has 0 bridgehead atoms. The molecule has 4 nitrogen and oxygen atoms in total. The third kappa shape index (κ3) is 4.24. The molecule has 0 saturated carbocycles. The Morgan fingerprint density at radius 3 is 2.62 bits per heavy atom. The zero-order valence-corrected chi connectivity index (χ0v) is 12.1. The third-order valence-electron chi connectivity index (χ3n) is 3.27. The van der Waals surface area contributed by atoms with Crippen LogP contribution in [-0.4, -0.2) is 19.6 Å². The highest BCUT2D eigenvalue weighted by Gasteiger charge is 2.07. The Kier molecular flexibility index (Phi) is 5.21. The van der Waals surface area contributed by atoms with Crippen molar-refractivity contribution in [1.29, 1.82) is 0 Å². The van der Waals surface area contributed by atoms with Crippen molar-refractivity contribution < 1.29 is 9.53 Å². The molecule has 0 radical (unpaired) electrons. The molecule has 110 valence electrons. The van der Waals surface area contributed by atoms with Gasteiger partial charge in [-0.25, -0.2) is 4.79 Å². The highest BCUT2D eigenvalue weighted by atomic mass is 16.5. The quantitative estimate of drug-likeness (QED) is 0.486. The Bertz CT molecular complexity index is 597. The van der Waals surface area contributed by atoms with Gasteiger partial charge in [-0.1, -0.05) is 30.3 Å². The molecule has 21 heavy (non-hydrogen) atoms. The molecule has 2 aromatic carbocycles. The molecule has 0 unspecified atom stereocenters. The third-order valence-corrected chi connectivity index (χ3v) is 3.27. The normalized spacial score (nSPS) is 10.1. The van der Waals surface area contributed by atoms with E-state index in [9.17, 15) is 4.79 Å². The first-order valence-corrected chi connectivity index (χ1v) is 6.96. The van der Waals surface area contributed by atoms with E-state index in [0.29, 0.717) is 11.3 Å². The summed E-state index contributed by atoms with van der Waals surface area (Å²) in [6.45, 7) is 0.830. The fourth-order valence-corrected chi connectivity index (χ4v) is 2.13. The van der Waals surface area contributed by atoms with Crippen molar-refractivity contribution >= 4 is 17.3 Å². The number of rotatable bonds is 6. The summed E-state index contributed by atoms with van der Waals surface area (Å²) in [5.74, 6) is -0.377. The van der Waals surface area contributed by atoms with Crippen molar-refractivity contribution in [3.05, 3.63) is 59.7 Å². The molecule has 4 heteroatoms. The number of aryl methyl sites for hydroxylation is 1. The molecule has 0 aromatic heterocycles. The van der Waals surface area contributed by atoms with Crippen LogP contribution in [0.4, 0.5) is 11.4 Å². The van der Waals surface area contributed by atoms with Crippen LogP contribution in [0, 0.1) is 0 Å². The van der Waals surface area contributed by atoms with E-state index in [1.54, 1.807) is 12.1 Å². The second-order valence-corrected chi connectivity index (χ2v) is 4.81. The van der Waals surface area contributed by atoms with Gasteiger partial charge in [-0.3, -0.25) is 0 Å². The largest absolute Gasteiger partial charge is 0.465 e. The molecule has 0 amide bonds. The van der Waals surface area contributed by atoms with E-state index in [-0.39, 0.29) is 5.97 Å². The number of nitrogen functional groups attached to an aromatic ring is 1. The summed E-state index contributed by atoms with van der Waals surface area (Å²) in [7, 11) is 1.36. The SMILES string of the molecule is COC(=O)c1ccc(NCCCc2ccccc2)c(N)c1. The van der Waals surface area contributed by atoms with Crippen LogP contribution in [0.15, 0.2) is 48.5 Å². The average molecular weight is 284 g/mol. The minimum atomic E-state index is -0.377. The first kappa shape index (κ1) is 14.9. The number of nitrogens with two attached hydrogens (primary N) is 1. The smallest absolute Gasteiger partial charge is 0.337 e. The fourth-order valence-electron chi connectivity index (χ4n) is 2.13. The van der Waals surface area contributed by atoms with Gasteiger partial charge in [-0.2, -0.15) is 0 Å². The molecule has 2 rings (SSSR count). The van der Waals surface area contributed by atoms with Crippen molar-refractivity contribution in [2.45, 2.75) is 12.8 Å². The van der Waals surface area contributed by atoms with E-state index in [1.165, 1.54) is 12.7 Å². The lowest BCUT2D eigenvalue weighted by molar-refractivity contribution is 0.0601. The number of benzene rings is 2. The number of methoxy groups -OCH3 is 1. The van der Waals surface area contributed by atoms with Crippen LogP contribution in [0.5, 0.6) is 0 Å². The van der Waals surface area contributed by atoms with Crippen molar-refractivity contribution in [3.8, 4) is 0 Å². The van der Waals surface area contributed by atoms with E-state index in [4.69, 9.17) is 5.73 Å². The van der Waals surface area contributed by atoms with Crippen molar-refractivity contribution in [2.75, 3.05) is 24.7 Å². The molecule has 3 N–H and O–H groups in total. The lowest BCUT2D eigenvalue weighted by atomic mass is 10.1. The maximum atomic E-state index is 11.4. The number of hydrogen-bond acceptors (Lipinski definition) is 4. The topological polar surface area (TPSA) is 64.3 Å². The minimum absolute atomic E-state index is 0.377. The first-order valence-electron chi connectivity index (χ1n) is 6.96. The van der Waals surface area contributed by atoms with Crippen LogP contribution in [0.2, 0.25) is 0 Å². The van der Waals surface area contributed by atoms with Gasteiger partial charge in [0.25, 0.3) is 0 Å². The Morgan fingerprint density at radius 1 is 1.19 bits per heavy atom. The van der Waals surface area contributed by atoms with E-state index in [1.807, 2.05) is 24.3 Å². The second-order valence-electron chi connectivity index (χ2n) is 4.81. The predicted molar refractivity (Wildman–Crippen MR) is 85.4 cm³/mol. The Labute approximate surface area is 124 Å². The standard InChI is InChI=1S/C17H20N2O2/c1-21-17(20)14-9-10-16(15(18)12-14)19-11-5-8-13-6-3-2-4-7-13/h2-4,6-7,9-10,12,19H,5,8,11,18H2,1H3. The minimum Gasteiger partial charge on any atom is -0.465 e. The first-order chi connectivity index (χ1) is 10.2. The van der Waals surface area contributed by atoms with Gasteiger partial charge in [-0.15, -0.1) is 0 Å². The van der Waals surface area contributed by atoms with Crippen molar-refractivity contribution in [3.63, 3.8) is 0 Å². The molecule has 0 atom stereocenters. The lowest BCUT2D eigenvalue weighted by Gasteiger charge is -2.10. The summed E-state index contributed by atoms with van der Waals surface area (Å²) in [4.78, 5) is 11.4. The van der Waals surface area contributed by atoms with Gasteiger partial charge in [0.1, 0.15) is 0 Å². The molecule has 0 fully saturated rings. The second kappa shape index (κ2) is 7.33. The maximum absolute atomic E-state index is 11.4. The fraction of sp³-hybridized carbons (Fsp3) is 0.235. The summed E-state index contributed by atoms with van der Waals surface area (Å²) in [5, 5.41) is 3.29. The van der Waals surface area contributed by atoms with Gasteiger partial charge in [0.15, 0.2) is 0 Å². The average Bonchev–Trinajstić information content (AvgIpc) is 2.53. The summed E-state index contributed by atoms with van der Waals surface area (Å²) in [6.07, 6.45) is 2.04. The highest BCUT2D eigenvalue weighted by Crippen LogP contribution is 2.20. The van der Waals surface area contributed by atoms with Crippen LogP contribution in [-0.2, 0) is 11.2 Å². The van der Waals surface area contributed by atoms with Gasteiger partial charge in [0.2, 0.25) is 0 Å². The van der Waals surface area contributed by atoms with Crippen molar-refractivity contribution in [1.82, 2.24) is 0 Å². The number of esters is 1. The molecular formula is C17H20N2O2.